The average Bonchev–Trinajstić information content (AvgIpc) is 3.49. The Morgan fingerprint density at radius 1 is 1.10 bits per heavy atom. The minimum absolute atomic E-state index is 0.0266. The highest BCUT2D eigenvalue weighted by atomic mass is 19.4. The molecule has 0 spiro atoms. The molecule has 3 heterocycles. The van der Waals surface area contributed by atoms with Gasteiger partial charge in [0.1, 0.15) is 17.4 Å². The maximum absolute atomic E-state index is 14.4. The number of hydrogen-bond donors (Lipinski definition) is 2. The van der Waals surface area contributed by atoms with Crippen LogP contribution >= 0.6 is 0 Å². The van der Waals surface area contributed by atoms with E-state index in [1.54, 1.807) is 0 Å². The maximum atomic E-state index is 14.4. The fourth-order valence-electron chi connectivity index (χ4n) is 7.17. The largest absolute Gasteiger partial charge is 0.481 e. The number of H-pyrrole nitrogens is 1. The van der Waals surface area contributed by atoms with Crippen LogP contribution in [0.3, 0.4) is 0 Å². The van der Waals surface area contributed by atoms with Crippen molar-refractivity contribution in [3.8, 4) is 17.1 Å². The predicted octanol–water partition coefficient (Wildman–Crippen LogP) is 5.11. The van der Waals surface area contributed by atoms with Crippen LogP contribution in [0, 0.1) is 29.5 Å². The Balaban J connectivity index is 1.22. The first-order valence-corrected chi connectivity index (χ1v) is 14.3. The number of nitrogens with zero attached hydrogens (tertiary/aromatic N) is 3. The molecule has 3 unspecified atom stereocenters. The molecule has 1 saturated heterocycles. The zero-order valence-corrected chi connectivity index (χ0v) is 23.8. The summed E-state index contributed by atoms with van der Waals surface area (Å²) in [7, 11) is 1.41. The Hall–Kier alpha value is -3.09. The number of fused-ring (bicyclic) bond motifs is 2. The molecule has 5 rings (SSSR count). The normalized spacial score (nSPS) is 28.5. The minimum Gasteiger partial charge on any atom is -0.481 e. The van der Waals surface area contributed by atoms with Gasteiger partial charge < -0.3 is 10.1 Å². The number of ether oxygens (including phenoxy) is 1. The molecule has 230 valence electrons. The standard InChI is InChI=1S/C29H36F5N5O3/c1-28(2,31)14-39-13-18(6-7-23(39)29(32,33)34)36-27(41)17-8-15-4-5-16(9-17)25(15)26(40)22-11-21(37-38-22)19-10-24(42-3)35-12-20(19)30/h10-12,15-18,23,25H,4-9,13-14H2,1-3H3,(H,36,41)(H,37,38)/t15-,16+,17?,18?,23-,25?/m0/s1. The number of pyridine rings is 1. The van der Waals surface area contributed by atoms with Gasteiger partial charge in [-0.05, 0) is 70.3 Å². The maximum Gasteiger partial charge on any atom is 0.404 e. The topological polar surface area (TPSA) is 100 Å². The Bertz CT molecular complexity index is 1300. The Morgan fingerprint density at radius 2 is 1.79 bits per heavy atom. The second-order valence-corrected chi connectivity index (χ2v) is 12.5. The van der Waals surface area contributed by atoms with Gasteiger partial charge in [0.25, 0.3) is 0 Å². The van der Waals surface area contributed by atoms with Crippen molar-refractivity contribution >= 4 is 11.7 Å². The van der Waals surface area contributed by atoms with E-state index in [1.807, 2.05) is 0 Å². The minimum atomic E-state index is -4.47. The van der Waals surface area contributed by atoms with Crippen LogP contribution in [0.5, 0.6) is 5.88 Å². The van der Waals surface area contributed by atoms with Crippen LogP contribution in [0.2, 0.25) is 0 Å². The molecule has 0 radical (unpaired) electrons. The smallest absolute Gasteiger partial charge is 0.404 e. The number of aromatic amines is 1. The van der Waals surface area contributed by atoms with Gasteiger partial charge >= 0.3 is 6.18 Å². The van der Waals surface area contributed by atoms with E-state index in [-0.39, 0.29) is 84.1 Å². The Labute approximate surface area is 240 Å². The molecule has 2 saturated carbocycles. The van der Waals surface area contributed by atoms with Gasteiger partial charge in [0.05, 0.1) is 19.0 Å². The van der Waals surface area contributed by atoms with Gasteiger partial charge in [-0.15, -0.1) is 0 Å². The number of halogens is 5. The molecular formula is C29H36F5N5O3. The lowest BCUT2D eigenvalue weighted by molar-refractivity contribution is -0.196. The van der Waals surface area contributed by atoms with Crippen molar-refractivity contribution in [2.75, 3.05) is 20.2 Å². The molecule has 1 aliphatic heterocycles. The van der Waals surface area contributed by atoms with E-state index in [4.69, 9.17) is 4.74 Å². The number of amides is 1. The van der Waals surface area contributed by atoms with E-state index in [0.29, 0.717) is 12.8 Å². The number of carbonyl (C=O) groups is 2. The van der Waals surface area contributed by atoms with Crippen LogP contribution in [0.15, 0.2) is 18.3 Å². The van der Waals surface area contributed by atoms with Gasteiger partial charge in [0.15, 0.2) is 11.6 Å². The summed E-state index contributed by atoms with van der Waals surface area (Å²) in [5.41, 5.74) is -1.14. The Kier molecular flexibility index (Phi) is 8.34. The summed E-state index contributed by atoms with van der Waals surface area (Å²) in [5, 5.41) is 9.81. The molecule has 3 aliphatic rings. The molecule has 13 heteroatoms. The van der Waals surface area contributed by atoms with Crippen LogP contribution in [0.1, 0.15) is 62.9 Å². The lowest BCUT2D eigenvalue weighted by Crippen LogP contribution is -2.59. The highest BCUT2D eigenvalue weighted by molar-refractivity contribution is 5.98. The van der Waals surface area contributed by atoms with Gasteiger partial charge in [0.2, 0.25) is 11.8 Å². The first-order valence-electron chi connectivity index (χ1n) is 14.3. The zero-order chi connectivity index (χ0) is 30.4. The number of hydrogen-bond acceptors (Lipinski definition) is 6. The molecule has 42 heavy (non-hydrogen) atoms. The van der Waals surface area contributed by atoms with Crippen molar-refractivity contribution in [3.05, 3.63) is 29.8 Å². The molecule has 2 N–H and O–H groups in total. The number of nitrogens with one attached hydrogen (secondary N) is 2. The number of aromatic nitrogens is 3. The SMILES string of the molecule is COc1cc(-c2cc(C(=O)C3[C@@H]4CC[C@H]3CC(C(=O)NC3CC[C@@H](C(F)(F)F)N(CC(C)(C)F)C3)C4)[nH]n2)c(F)cn1. The lowest BCUT2D eigenvalue weighted by atomic mass is 9.70. The molecule has 6 atom stereocenters. The van der Waals surface area contributed by atoms with Crippen molar-refractivity contribution in [1.29, 1.82) is 0 Å². The molecule has 2 bridgehead atoms. The van der Waals surface area contributed by atoms with E-state index < -0.39 is 29.7 Å². The van der Waals surface area contributed by atoms with Crippen LogP contribution < -0.4 is 10.1 Å². The number of likely N-dealkylation sites (tertiary alicyclic amines) is 1. The van der Waals surface area contributed by atoms with Crippen molar-refractivity contribution in [2.45, 2.75) is 76.3 Å². The monoisotopic (exact) mass is 597 g/mol. The van der Waals surface area contributed by atoms with Crippen molar-refractivity contribution < 1.29 is 36.3 Å². The first-order chi connectivity index (χ1) is 19.7. The van der Waals surface area contributed by atoms with E-state index in [2.05, 4.69) is 20.5 Å². The third-order valence-corrected chi connectivity index (χ3v) is 8.92. The van der Waals surface area contributed by atoms with Crippen LogP contribution in [-0.4, -0.2) is 75.9 Å². The molecule has 2 aliphatic carbocycles. The van der Waals surface area contributed by atoms with Crippen molar-refractivity contribution in [3.63, 3.8) is 0 Å². The summed E-state index contributed by atoms with van der Waals surface area (Å²) in [6.45, 7) is 2.04. The van der Waals surface area contributed by atoms with E-state index in [9.17, 15) is 31.5 Å². The number of methoxy groups -OCH3 is 1. The van der Waals surface area contributed by atoms with E-state index in [0.717, 1.165) is 23.9 Å². The summed E-state index contributed by atoms with van der Waals surface area (Å²) in [6, 6.07) is 0.671. The number of ketones is 1. The highest BCUT2D eigenvalue weighted by Gasteiger charge is 2.50. The van der Waals surface area contributed by atoms with Crippen molar-refractivity contribution in [1.82, 2.24) is 25.4 Å². The summed E-state index contributed by atoms with van der Waals surface area (Å²) in [4.78, 5) is 31.7. The zero-order valence-electron chi connectivity index (χ0n) is 23.8. The number of Topliss-reactive ketones (excluding diaryl/α,β-unsaturated/α-hetero) is 1. The van der Waals surface area contributed by atoms with Gasteiger partial charge in [-0.2, -0.15) is 18.3 Å². The number of rotatable bonds is 8. The molecule has 0 aromatic carbocycles. The lowest BCUT2D eigenvalue weighted by Gasteiger charge is -2.42. The molecule has 8 nitrogen and oxygen atoms in total. The molecule has 2 aromatic heterocycles. The summed E-state index contributed by atoms with van der Waals surface area (Å²) in [5.74, 6) is -1.45. The van der Waals surface area contributed by atoms with Crippen LogP contribution in [0.4, 0.5) is 22.0 Å². The number of alkyl halides is 4. The third kappa shape index (κ3) is 6.45. The molecule has 1 amide bonds. The summed E-state index contributed by atoms with van der Waals surface area (Å²) < 4.78 is 74.5. The summed E-state index contributed by atoms with van der Waals surface area (Å²) >= 11 is 0. The van der Waals surface area contributed by atoms with Gasteiger partial charge in [-0.1, -0.05) is 0 Å². The quantitative estimate of drug-likeness (QED) is 0.324. The number of carbonyl (C=O) groups excluding carboxylic acids is 2. The van der Waals surface area contributed by atoms with Crippen LogP contribution in [-0.2, 0) is 4.79 Å². The Morgan fingerprint density at radius 3 is 2.40 bits per heavy atom. The highest BCUT2D eigenvalue weighted by Crippen LogP contribution is 2.50. The fraction of sp³-hybridized carbons (Fsp3) is 0.655. The van der Waals surface area contributed by atoms with Gasteiger partial charge in [-0.25, -0.2) is 13.8 Å². The average molecular weight is 598 g/mol. The van der Waals surface area contributed by atoms with E-state index >= 15 is 0 Å². The van der Waals surface area contributed by atoms with Crippen molar-refractivity contribution in [2.24, 2.45) is 23.7 Å². The van der Waals surface area contributed by atoms with Crippen LogP contribution in [0.25, 0.3) is 11.3 Å². The van der Waals surface area contributed by atoms with E-state index in [1.165, 1.54) is 33.1 Å². The second-order valence-electron chi connectivity index (χ2n) is 12.5. The van der Waals surface area contributed by atoms with Gasteiger partial charge in [-0.3, -0.25) is 19.6 Å². The predicted molar refractivity (Wildman–Crippen MR) is 143 cm³/mol. The number of piperidine rings is 1. The second kappa shape index (κ2) is 11.5. The molecule has 2 aromatic rings. The molecular weight excluding hydrogens is 561 g/mol. The fourth-order valence-corrected chi connectivity index (χ4v) is 7.17. The summed E-state index contributed by atoms with van der Waals surface area (Å²) in [6.07, 6.45) is -0.928. The third-order valence-electron chi connectivity index (χ3n) is 8.92. The molecule has 3 fully saturated rings. The first kappa shape index (κ1) is 30.4. The van der Waals surface area contributed by atoms with Gasteiger partial charge in [0, 0.05) is 42.6 Å².